The molecule has 0 spiro atoms. The van der Waals surface area contributed by atoms with Crippen LogP contribution in [0.15, 0.2) is 0 Å². The van der Waals surface area contributed by atoms with Crippen molar-refractivity contribution in [2.45, 2.75) is 19.3 Å². The van der Waals surface area contributed by atoms with E-state index in [1.807, 2.05) is 6.66 Å². The predicted octanol–water partition coefficient (Wildman–Crippen LogP) is 1.06. The Bertz CT molecular complexity index is 256. The first-order valence-corrected chi connectivity index (χ1v) is 8.03. The van der Waals surface area contributed by atoms with Crippen LogP contribution in [0.2, 0.25) is 0 Å². The fourth-order valence-corrected chi connectivity index (χ4v) is 4.30. The van der Waals surface area contributed by atoms with E-state index in [2.05, 4.69) is 0 Å². The van der Waals surface area contributed by atoms with Crippen molar-refractivity contribution in [3.63, 3.8) is 0 Å². The van der Waals surface area contributed by atoms with Crippen molar-refractivity contribution in [1.82, 2.24) is 0 Å². The molecule has 7 heteroatoms. The Kier molecular flexibility index (Phi) is 6.73. The topological polar surface area (TPSA) is 112 Å². The summed E-state index contributed by atoms with van der Waals surface area (Å²) in [5, 5.41) is 25.9. The van der Waals surface area contributed by atoms with Gasteiger partial charge in [-0.25, -0.2) is 0 Å². The number of rotatable bonds is 9. The standard InChI is InChI=1S/C10H17O6P/c1-17(5-2-8(11)12,6-3-9(13)14)7-4-10(15)16/h2-7H2,1H3,(H2-,11,12,13,14,15,16)/p+1. The molecular weight excluding hydrogens is 247 g/mol. The number of hydrogen-bond donors (Lipinski definition) is 3. The molecule has 0 heterocycles. The van der Waals surface area contributed by atoms with Crippen molar-refractivity contribution in [3.8, 4) is 0 Å². The molecule has 0 aliphatic carbocycles. The number of aliphatic carboxylic acids is 3. The van der Waals surface area contributed by atoms with Crippen LogP contribution in [-0.2, 0) is 14.4 Å². The van der Waals surface area contributed by atoms with E-state index in [1.54, 1.807) is 0 Å². The third-order valence-corrected chi connectivity index (χ3v) is 6.51. The predicted molar refractivity (Wildman–Crippen MR) is 64.2 cm³/mol. The molecule has 0 rings (SSSR count). The second-order valence-electron chi connectivity index (χ2n) is 4.22. The van der Waals surface area contributed by atoms with Crippen LogP contribution in [0.25, 0.3) is 0 Å². The van der Waals surface area contributed by atoms with Crippen molar-refractivity contribution < 1.29 is 29.7 Å². The molecule has 0 unspecified atom stereocenters. The summed E-state index contributed by atoms with van der Waals surface area (Å²) in [4.78, 5) is 31.5. The van der Waals surface area contributed by atoms with Gasteiger partial charge in [-0.15, -0.1) is 0 Å². The molecule has 3 N–H and O–H groups in total. The largest absolute Gasteiger partial charge is 0.481 e. The number of carboxylic acids is 3. The SMILES string of the molecule is C[P+](CCC(=O)O)(CCC(=O)O)CCC(=O)O. The minimum atomic E-state index is -1.77. The maximum atomic E-state index is 10.5. The molecule has 0 atom stereocenters. The molecule has 0 aromatic heterocycles. The summed E-state index contributed by atoms with van der Waals surface area (Å²) in [7, 11) is -1.77. The Morgan fingerprint density at radius 2 is 1.00 bits per heavy atom. The van der Waals surface area contributed by atoms with Crippen LogP contribution in [0.4, 0.5) is 0 Å². The van der Waals surface area contributed by atoms with Crippen molar-refractivity contribution in [2.75, 3.05) is 25.2 Å². The van der Waals surface area contributed by atoms with E-state index in [4.69, 9.17) is 15.3 Å². The minimum Gasteiger partial charge on any atom is -0.481 e. The van der Waals surface area contributed by atoms with Gasteiger partial charge in [0, 0.05) is 13.9 Å². The van der Waals surface area contributed by atoms with Gasteiger partial charge in [0.1, 0.15) is 0 Å². The fourth-order valence-electron chi connectivity index (χ4n) is 1.43. The Balaban J connectivity index is 4.37. The molecule has 0 saturated heterocycles. The van der Waals surface area contributed by atoms with Crippen LogP contribution in [-0.4, -0.2) is 58.4 Å². The van der Waals surface area contributed by atoms with Crippen molar-refractivity contribution >= 4 is 25.2 Å². The molecule has 98 valence electrons. The van der Waals surface area contributed by atoms with Gasteiger partial charge >= 0.3 is 17.9 Å². The maximum absolute atomic E-state index is 10.5. The summed E-state index contributed by atoms with van der Waals surface area (Å²) in [5.41, 5.74) is 0. The van der Waals surface area contributed by atoms with Gasteiger partial charge in [0.05, 0.1) is 37.7 Å². The van der Waals surface area contributed by atoms with E-state index in [1.165, 1.54) is 0 Å². The van der Waals surface area contributed by atoms with E-state index in [9.17, 15) is 14.4 Å². The monoisotopic (exact) mass is 265 g/mol. The Morgan fingerprint density at radius 3 is 1.18 bits per heavy atom. The Labute approximate surface area is 100.0 Å². The first-order chi connectivity index (χ1) is 7.75. The lowest BCUT2D eigenvalue weighted by atomic mass is 10.5. The Morgan fingerprint density at radius 1 is 0.765 bits per heavy atom. The highest BCUT2D eigenvalue weighted by Gasteiger charge is 2.33. The van der Waals surface area contributed by atoms with Gasteiger partial charge in [-0.05, 0) is 0 Å². The van der Waals surface area contributed by atoms with Crippen LogP contribution < -0.4 is 0 Å². The van der Waals surface area contributed by atoms with Gasteiger partial charge in [0.2, 0.25) is 0 Å². The zero-order valence-corrected chi connectivity index (χ0v) is 10.7. The van der Waals surface area contributed by atoms with Gasteiger partial charge in [-0.1, -0.05) is 0 Å². The van der Waals surface area contributed by atoms with E-state index in [-0.39, 0.29) is 19.3 Å². The van der Waals surface area contributed by atoms with Gasteiger partial charge < -0.3 is 15.3 Å². The molecule has 0 fully saturated rings. The summed E-state index contributed by atoms with van der Waals surface area (Å²) < 4.78 is 0. The van der Waals surface area contributed by atoms with Gasteiger partial charge in [-0.2, -0.15) is 0 Å². The molecule has 0 aromatic carbocycles. The first-order valence-electron chi connectivity index (χ1n) is 5.24. The second kappa shape index (κ2) is 7.22. The summed E-state index contributed by atoms with van der Waals surface area (Å²) in [6.45, 7) is 1.85. The van der Waals surface area contributed by atoms with Crippen LogP contribution >= 0.6 is 7.26 Å². The molecule has 0 saturated carbocycles. The zero-order valence-electron chi connectivity index (χ0n) is 9.76. The van der Waals surface area contributed by atoms with E-state index in [0.717, 1.165) is 0 Å². The summed E-state index contributed by atoms with van der Waals surface area (Å²) >= 11 is 0. The first kappa shape index (κ1) is 15.8. The third-order valence-electron chi connectivity index (χ3n) is 2.60. The van der Waals surface area contributed by atoms with E-state index < -0.39 is 25.2 Å². The average molecular weight is 265 g/mol. The molecule has 0 amide bonds. The quantitative estimate of drug-likeness (QED) is 0.537. The lowest BCUT2D eigenvalue weighted by Crippen LogP contribution is -2.14. The van der Waals surface area contributed by atoms with Gasteiger partial charge in [-0.3, -0.25) is 14.4 Å². The van der Waals surface area contributed by atoms with Crippen LogP contribution in [0.5, 0.6) is 0 Å². The minimum absolute atomic E-state index is 0.0243. The average Bonchev–Trinajstić information content (AvgIpc) is 2.21. The van der Waals surface area contributed by atoms with Crippen LogP contribution in [0.3, 0.4) is 0 Å². The van der Waals surface area contributed by atoms with Gasteiger partial charge in [0.15, 0.2) is 0 Å². The molecule has 0 radical (unpaired) electrons. The highest BCUT2D eigenvalue weighted by Crippen LogP contribution is 2.56. The highest BCUT2D eigenvalue weighted by molar-refractivity contribution is 7.75. The summed E-state index contributed by atoms with van der Waals surface area (Å²) in [6.07, 6.45) is 1.14. The number of hydrogen-bond acceptors (Lipinski definition) is 3. The molecule has 0 aromatic rings. The van der Waals surface area contributed by atoms with Crippen molar-refractivity contribution in [3.05, 3.63) is 0 Å². The smallest absolute Gasteiger partial charge is 0.307 e. The zero-order chi connectivity index (χ0) is 13.5. The molecule has 6 nitrogen and oxygen atoms in total. The maximum Gasteiger partial charge on any atom is 0.307 e. The Hall–Kier alpha value is -1.16. The number of carboxylic acid groups (broad SMARTS) is 3. The lowest BCUT2D eigenvalue weighted by molar-refractivity contribution is -0.137. The van der Waals surface area contributed by atoms with Crippen LogP contribution in [0.1, 0.15) is 19.3 Å². The number of carbonyl (C=O) groups is 3. The molecular formula is C10H18O6P+. The van der Waals surface area contributed by atoms with E-state index in [0.29, 0.717) is 18.5 Å². The molecule has 0 aliphatic rings. The molecule has 0 aliphatic heterocycles. The lowest BCUT2D eigenvalue weighted by Gasteiger charge is -2.21. The second-order valence-corrected chi connectivity index (χ2v) is 8.80. The summed E-state index contributed by atoms with van der Waals surface area (Å²) in [6, 6.07) is 0. The van der Waals surface area contributed by atoms with Crippen LogP contribution in [0, 0.1) is 0 Å². The van der Waals surface area contributed by atoms with E-state index >= 15 is 0 Å². The third kappa shape index (κ3) is 8.63. The van der Waals surface area contributed by atoms with Crippen molar-refractivity contribution in [1.29, 1.82) is 0 Å². The highest BCUT2D eigenvalue weighted by atomic mass is 31.2. The van der Waals surface area contributed by atoms with Gasteiger partial charge in [0.25, 0.3) is 0 Å². The molecule has 17 heavy (non-hydrogen) atoms. The summed E-state index contributed by atoms with van der Waals surface area (Å²) in [5.74, 6) is -2.79. The van der Waals surface area contributed by atoms with Crippen molar-refractivity contribution in [2.24, 2.45) is 0 Å². The fraction of sp³-hybridized carbons (Fsp3) is 0.700. The normalized spacial score (nSPS) is 11.1. The molecule has 0 bridgehead atoms.